The summed E-state index contributed by atoms with van der Waals surface area (Å²) in [6.45, 7) is 0.537. The van der Waals surface area contributed by atoms with Crippen molar-refractivity contribution in [1.29, 1.82) is 0 Å². The van der Waals surface area contributed by atoms with Gasteiger partial charge in [-0.2, -0.15) is 5.10 Å². The normalized spacial score (nSPS) is 10.4. The van der Waals surface area contributed by atoms with Crippen molar-refractivity contribution < 1.29 is 4.92 Å². The molecule has 0 aliphatic carbocycles. The number of halogens is 1. The van der Waals surface area contributed by atoms with Crippen molar-refractivity contribution in [3.05, 3.63) is 57.9 Å². The lowest BCUT2D eigenvalue weighted by molar-refractivity contribution is -0.385. The van der Waals surface area contributed by atoms with Crippen LogP contribution in [0.2, 0.25) is 0 Å². The van der Waals surface area contributed by atoms with E-state index >= 15 is 0 Å². The Balaban J connectivity index is 2.31. The van der Waals surface area contributed by atoms with Crippen LogP contribution in [0.1, 0.15) is 11.3 Å². The molecular formula is C11H10BrN3O2. The van der Waals surface area contributed by atoms with E-state index in [1.54, 1.807) is 4.68 Å². The Labute approximate surface area is 106 Å². The third-order valence-corrected chi connectivity index (χ3v) is 2.96. The predicted octanol–water partition coefficient (Wildman–Crippen LogP) is 2.73. The maximum atomic E-state index is 10.8. The van der Waals surface area contributed by atoms with Crippen LogP contribution < -0.4 is 0 Å². The highest BCUT2D eigenvalue weighted by Gasteiger charge is 2.19. The first-order chi connectivity index (χ1) is 8.22. The van der Waals surface area contributed by atoms with Gasteiger partial charge in [0, 0.05) is 0 Å². The largest absolute Gasteiger partial charge is 0.311 e. The molecule has 0 saturated heterocycles. The molecule has 6 heteroatoms. The summed E-state index contributed by atoms with van der Waals surface area (Å²) < 4.78 is 1.64. The van der Waals surface area contributed by atoms with Gasteiger partial charge in [0.25, 0.3) is 0 Å². The zero-order chi connectivity index (χ0) is 12.3. The lowest BCUT2D eigenvalue weighted by Gasteiger charge is -2.04. The first-order valence-corrected chi connectivity index (χ1v) is 6.13. The summed E-state index contributed by atoms with van der Waals surface area (Å²) in [6.07, 6.45) is 1.29. The Kier molecular flexibility index (Phi) is 3.53. The van der Waals surface area contributed by atoms with Crippen LogP contribution in [0.4, 0.5) is 5.69 Å². The van der Waals surface area contributed by atoms with E-state index in [1.165, 1.54) is 6.20 Å². The van der Waals surface area contributed by atoms with Gasteiger partial charge in [-0.1, -0.05) is 46.3 Å². The molecule has 88 valence electrons. The molecule has 0 aliphatic rings. The summed E-state index contributed by atoms with van der Waals surface area (Å²) in [4.78, 5) is 10.4. The summed E-state index contributed by atoms with van der Waals surface area (Å²) in [5.41, 5.74) is 1.70. The zero-order valence-electron chi connectivity index (χ0n) is 8.91. The maximum absolute atomic E-state index is 10.8. The fourth-order valence-electron chi connectivity index (χ4n) is 1.58. The number of alkyl halides is 1. The number of benzene rings is 1. The minimum absolute atomic E-state index is 0.0535. The molecule has 2 aromatic rings. The van der Waals surface area contributed by atoms with Crippen molar-refractivity contribution in [2.24, 2.45) is 0 Å². The van der Waals surface area contributed by atoms with Crippen molar-refractivity contribution >= 4 is 21.6 Å². The molecule has 2 rings (SSSR count). The average molecular weight is 296 g/mol. The molecule has 1 aromatic heterocycles. The Bertz CT molecular complexity index is 525. The number of aromatic nitrogens is 2. The van der Waals surface area contributed by atoms with E-state index in [4.69, 9.17) is 0 Å². The standard InChI is InChI=1S/C11H10BrN3O2/c12-6-10-11(15(16)17)7-13-14(10)8-9-4-2-1-3-5-9/h1-5,7H,6,8H2. The van der Waals surface area contributed by atoms with Gasteiger partial charge in [-0.15, -0.1) is 0 Å². The van der Waals surface area contributed by atoms with Gasteiger partial charge in [0.15, 0.2) is 0 Å². The smallest absolute Gasteiger partial charge is 0.258 e. The summed E-state index contributed by atoms with van der Waals surface area (Å²) in [6, 6.07) is 9.72. The van der Waals surface area contributed by atoms with Gasteiger partial charge in [-0.3, -0.25) is 14.8 Å². The van der Waals surface area contributed by atoms with Gasteiger partial charge >= 0.3 is 5.69 Å². The quantitative estimate of drug-likeness (QED) is 0.495. The van der Waals surface area contributed by atoms with E-state index in [0.717, 1.165) is 5.56 Å². The van der Waals surface area contributed by atoms with E-state index in [1.807, 2.05) is 30.3 Å². The molecule has 0 spiro atoms. The number of hydrogen-bond donors (Lipinski definition) is 0. The lowest BCUT2D eigenvalue weighted by Crippen LogP contribution is -2.05. The summed E-state index contributed by atoms with van der Waals surface area (Å²) >= 11 is 3.25. The third-order valence-electron chi connectivity index (χ3n) is 2.43. The second-order valence-corrected chi connectivity index (χ2v) is 4.07. The molecule has 0 radical (unpaired) electrons. The number of hydrogen-bond acceptors (Lipinski definition) is 3. The van der Waals surface area contributed by atoms with Crippen LogP contribution >= 0.6 is 15.9 Å². The lowest BCUT2D eigenvalue weighted by atomic mass is 10.2. The van der Waals surface area contributed by atoms with Crippen LogP contribution in [-0.2, 0) is 11.9 Å². The number of nitrogens with zero attached hydrogens (tertiary/aromatic N) is 3. The van der Waals surface area contributed by atoms with Crippen LogP contribution in [0.15, 0.2) is 36.5 Å². The highest BCUT2D eigenvalue weighted by Crippen LogP contribution is 2.21. The number of rotatable bonds is 4. The molecule has 0 N–H and O–H groups in total. The van der Waals surface area contributed by atoms with Crippen molar-refractivity contribution in [3.8, 4) is 0 Å². The topological polar surface area (TPSA) is 61.0 Å². The first-order valence-electron chi connectivity index (χ1n) is 5.01. The molecule has 1 aromatic carbocycles. The van der Waals surface area contributed by atoms with Gasteiger partial charge in [0.2, 0.25) is 0 Å². The number of nitro groups is 1. The molecule has 0 aliphatic heterocycles. The van der Waals surface area contributed by atoms with E-state index in [-0.39, 0.29) is 5.69 Å². The summed E-state index contributed by atoms with van der Waals surface area (Å²) in [5, 5.41) is 15.2. The third kappa shape index (κ3) is 2.52. The minimum Gasteiger partial charge on any atom is -0.258 e. The Morgan fingerprint density at radius 2 is 2.06 bits per heavy atom. The van der Waals surface area contributed by atoms with Crippen molar-refractivity contribution in [3.63, 3.8) is 0 Å². The molecule has 0 atom stereocenters. The van der Waals surface area contributed by atoms with Crippen LogP contribution in [0.25, 0.3) is 0 Å². The Morgan fingerprint density at radius 3 is 2.65 bits per heavy atom. The van der Waals surface area contributed by atoms with E-state index in [2.05, 4.69) is 21.0 Å². The van der Waals surface area contributed by atoms with Crippen LogP contribution in [0.3, 0.4) is 0 Å². The fourth-order valence-corrected chi connectivity index (χ4v) is 2.16. The van der Waals surface area contributed by atoms with Crippen LogP contribution in [0, 0.1) is 10.1 Å². The average Bonchev–Trinajstić information content (AvgIpc) is 2.73. The molecule has 0 amide bonds. The molecule has 17 heavy (non-hydrogen) atoms. The van der Waals surface area contributed by atoms with E-state index in [9.17, 15) is 10.1 Å². The minimum atomic E-state index is -0.412. The van der Waals surface area contributed by atoms with Gasteiger partial charge < -0.3 is 0 Å². The Morgan fingerprint density at radius 1 is 1.35 bits per heavy atom. The Hall–Kier alpha value is -1.69. The van der Waals surface area contributed by atoms with Crippen LogP contribution in [0.5, 0.6) is 0 Å². The molecule has 0 saturated carbocycles. The highest BCUT2D eigenvalue weighted by molar-refractivity contribution is 9.08. The first kappa shape index (κ1) is 11.8. The summed E-state index contributed by atoms with van der Waals surface area (Å²) in [7, 11) is 0. The SMILES string of the molecule is O=[N+]([O-])c1cnn(Cc2ccccc2)c1CBr. The molecule has 0 bridgehead atoms. The predicted molar refractivity (Wildman–Crippen MR) is 67.1 cm³/mol. The second-order valence-electron chi connectivity index (χ2n) is 3.51. The van der Waals surface area contributed by atoms with Gasteiger partial charge in [0.05, 0.1) is 16.8 Å². The highest BCUT2D eigenvalue weighted by atomic mass is 79.9. The van der Waals surface area contributed by atoms with Gasteiger partial charge in [0.1, 0.15) is 11.9 Å². The second kappa shape index (κ2) is 5.09. The summed E-state index contributed by atoms with van der Waals surface area (Å²) in [5.74, 6) is 0. The zero-order valence-corrected chi connectivity index (χ0v) is 10.5. The van der Waals surface area contributed by atoms with Crippen LogP contribution in [-0.4, -0.2) is 14.7 Å². The van der Waals surface area contributed by atoms with E-state index < -0.39 is 4.92 Å². The maximum Gasteiger partial charge on any atom is 0.311 e. The molecular weight excluding hydrogens is 286 g/mol. The van der Waals surface area contributed by atoms with Gasteiger partial charge in [-0.05, 0) is 5.56 Å². The molecule has 0 unspecified atom stereocenters. The molecule has 1 heterocycles. The molecule has 0 fully saturated rings. The monoisotopic (exact) mass is 295 g/mol. The van der Waals surface area contributed by atoms with Gasteiger partial charge in [-0.25, -0.2) is 0 Å². The van der Waals surface area contributed by atoms with Crippen molar-refractivity contribution in [2.45, 2.75) is 11.9 Å². The van der Waals surface area contributed by atoms with Crippen molar-refractivity contribution in [1.82, 2.24) is 9.78 Å². The fraction of sp³-hybridized carbons (Fsp3) is 0.182. The van der Waals surface area contributed by atoms with Crippen molar-refractivity contribution in [2.75, 3.05) is 0 Å². The molecule has 5 nitrogen and oxygen atoms in total. The van der Waals surface area contributed by atoms with E-state index in [0.29, 0.717) is 17.6 Å².